The van der Waals surface area contributed by atoms with Gasteiger partial charge in [0.05, 0.1) is 0 Å². The minimum atomic E-state index is 0.0233. The summed E-state index contributed by atoms with van der Waals surface area (Å²) >= 11 is 0. The molecule has 0 bridgehead atoms. The molecule has 0 aliphatic heterocycles. The zero-order valence-electron chi connectivity index (χ0n) is 15.0. The molecule has 2 aliphatic carbocycles. The Kier molecular flexibility index (Phi) is 7.55. The standard InChI is InChI=1S/C20H36O3/c1-3-5-7-8-10-17-16(9-6-4-2)18-14(12-21)11-15(13-22)19(18)20(17)23/h14-19,21-22H,3-13H2,1-2H3/t14-,15+,16-,17-,18+,19+/m0/s1. The van der Waals surface area contributed by atoms with Gasteiger partial charge in [-0.3, -0.25) is 4.79 Å². The third-order valence-electron chi connectivity index (χ3n) is 6.51. The first kappa shape index (κ1) is 18.9. The van der Waals surface area contributed by atoms with Gasteiger partial charge in [0.2, 0.25) is 0 Å². The third-order valence-corrected chi connectivity index (χ3v) is 6.51. The van der Waals surface area contributed by atoms with Gasteiger partial charge in [-0.15, -0.1) is 0 Å². The molecule has 0 heterocycles. The Labute approximate surface area is 141 Å². The highest BCUT2D eigenvalue weighted by Crippen LogP contribution is 2.56. The fourth-order valence-electron chi connectivity index (χ4n) is 5.43. The normalized spacial score (nSPS) is 36.6. The number of ketones is 1. The summed E-state index contributed by atoms with van der Waals surface area (Å²) in [5.74, 6) is 1.72. The number of Topliss-reactive ketones (excluding diaryl/α,β-unsaturated/α-hetero) is 1. The Balaban J connectivity index is 2.11. The highest BCUT2D eigenvalue weighted by atomic mass is 16.3. The van der Waals surface area contributed by atoms with Gasteiger partial charge in [-0.05, 0) is 42.9 Å². The lowest BCUT2D eigenvalue weighted by Gasteiger charge is -2.27. The SMILES string of the molecule is CCCCCC[C@@H]1C(=O)[C@@H]2[C@@H](CO)C[C@@H](CO)[C@@H]2[C@H]1CCCC. The predicted molar refractivity (Wildman–Crippen MR) is 93.0 cm³/mol. The van der Waals surface area contributed by atoms with E-state index in [1.807, 2.05) is 0 Å². The van der Waals surface area contributed by atoms with E-state index >= 15 is 0 Å². The topological polar surface area (TPSA) is 57.5 Å². The van der Waals surface area contributed by atoms with Crippen molar-refractivity contribution < 1.29 is 15.0 Å². The van der Waals surface area contributed by atoms with Crippen molar-refractivity contribution >= 4 is 5.78 Å². The Bertz CT molecular complexity index is 368. The number of hydrogen-bond acceptors (Lipinski definition) is 3. The van der Waals surface area contributed by atoms with Gasteiger partial charge in [0, 0.05) is 25.0 Å². The minimum absolute atomic E-state index is 0.0233. The van der Waals surface area contributed by atoms with Gasteiger partial charge in [-0.25, -0.2) is 0 Å². The van der Waals surface area contributed by atoms with Crippen LogP contribution in [0.5, 0.6) is 0 Å². The summed E-state index contributed by atoms with van der Waals surface area (Å²) in [6.45, 7) is 4.70. The highest BCUT2D eigenvalue weighted by molar-refractivity contribution is 5.87. The summed E-state index contributed by atoms with van der Waals surface area (Å²) in [4.78, 5) is 13.1. The van der Waals surface area contributed by atoms with Crippen molar-refractivity contribution in [2.45, 2.75) is 71.6 Å². The molecule has 0 saturated heterocycles. The molecule has 0 unspecified atom stereocenters. The quantitative estimate of drug-likeness (QED) is 0.601. The van der Waals surface area contributed by atoms with E-state index < -0.39 is 0 Å². The molecule has 3 heteroatoms. The van der Waals surface area contributed by atoms with Crippen LogP contribution in [0, 0.1) is 35.5 Å². The number of fused-ring (bicyclic) bond motifs is 1. The van der Waals surface area contributed by atoms with E-state index in [2.05, 4.69) is 13.8 Å². The smallest absolute Gasteiger partial charge is 0.139 e. The molecule has 0 radical (unpaired) electrons. The largest absolute Gasteiger partial charge is 0.396 e. The lowest BCUT2D eigenvalue weighted by atomic mass is 9.78. The maximum Gasteiger partial charge on any atom is 0.139 e. The first-order chi connectivity index (χ1) is 11.2. The molecule has 2 N–H and O–H groups in total. The van der Waals surface area contributed by atoms with Crippen LogP contribution in [-0.2, 0) is 4.79 Å². The zero-order valence-corrected chi connectivity index (χ0v) is 15.0. The molecule has 0 aromatic heterocycles. The van der Waals surface area contributed by atoms with Crippen molar-refractivity contribution in [1.82, 2.24) is 0 Å². The zero-order chi connectivity index (χ0) is 16.8. The first-order valence-electron chi connectivity index (χ1n) is 9.94. The summed E-state index contributed by atoms with van der Waals surface area (Å²) in [6.07, 6.45) is 10.2. The summed E-state index contributed by atoms with van der Waals surface area (Å²) in [5, 5.41) is 19.5. The van der Waals surface area contributed by atoms with Crippen LogP contribution >= 0.6 is 0 Å². The van der Waals surface area contributed by atoms with Crippen LogP contribution in [0.3, 0.4) is 0 Å². The molecule has 6 atom stereocenters. The molecule has 2 aliphatic rings. The second kappa shape index (κ2) is 9.17. The van der Waals surface area contributed by atoms with Crippen LogP contribution in [0.25, 0.3) is 0 Å². The van der Waals surface area contributed by atoms with Gasteiger partial charge in [0.25, 0.3) is 0 Å². The van der Waals surface area contributed by atoms with Gasteiger partial charge in [-0.2, -0.15) is 0 Å². The third kappa shape index (κ3) is 3.99. The molecule has 0 aromatic carbocycles. The first-order valence-corrected chi connectivity index (χ1v) is 9.94. The number of carbonyl (C=O) groups is 1. The van der Waals surface area contributed by atoms with Gasteiger partial charge in [0.15, 0.2) is 0 Å². The second-order valence-electron chi connectivity index (χ2n) is 7.89. The molecule has 23 heavy (non-hydrogen) atoms. The van der Waals surface area contributed by atoms with Crippen molar-refractivity contribution in [3.8, 4) is 0 Å². The number of unbranched alkanes of at least 4 members (excludes halogenated alkanes) is 4. The van der Waals surface area contributed by atoms with Crippen LogP contribution in [-0.4, -0.2) is 29.2 Å². The van der Waals surface area contributed by atoms with Crippen molar-refractivity contribution in [2.24, 2.45) is 35.5 Å². The fraction of sp³-hybridized carbons (Fsp3) is 0.950. The second-order valence-corrected chi connectivity index (χ2v) is 7.89. The van der Waals surface area contributed by atoms with Gasteiger partial charge in [0.1, 0.15) is 5.78 Å². The number of rotatable bonds is 10. The number of carbonyl (C=O) groups excluding carboxylic acids is 1. The molecule has 3 nitrogen and oxygen atoms in total. The lowest BCUT2D eigenvalue weighted by molar-refractivity contribution is -0.126. The molecule has 0 aromatic rings. The van der Waals surface area contributed by atoms with Crippen LogP contribution < -0.4 is 0 Å². The van der Waals surface area contributed by atoms with Gasteiger partial charge in [-0.1, -0.05) is 52.4 Å². The maximum atomic E-state index is 13.1. The van der Waals surface area contributed by atoms with E-state index in [1.54, 1.807) is 0 Å². The number of aliphatic hydroxyl groups excluding tert-OH is 2. The Morgan fingerprint density at radius 3 is 2.22 bits per heavy atom. The van der Waals surface area contributed by atoms with E-state index in [0.29, 0.717) is 17.6 Å². The fourth-order valence-corrected chi connectivity index (χ4v) is 5.43. The molecule has 134 valence electrons. The van der Waals surface area contributed by atoms with E-state index in [1.165, 1.54) is 25.7 Å². The molecular weight excluding hydrogens is 288 g/mol. The molecule has 2 fully saturated rings. The Morgan fingerprint density at radius 2 is 1.61 bits per heavy atom. The Morgan fingerprint density at radius 1 is 0.913 bits per heavy atom. The van der Waals surface area contributed by atoms with Crippen LogP contribution in [0.1, 0.15) is 71.6 Å². The average Bonchev–Trinajstić information content (AvgIpc) is 3.06. The molecule has 2 rings (SSSR count). The predicted octanol–water partition coefficient (Wildman–Crippen LogP) is 3.82. The number of aliphatic hydroxyl groups is 2. The van der Waals surface area contributed by atoms with Crippen molar-refractivity contribution in [3.05, 3.63) is 0 Å². The van der Waals surface area contributed by atoms with Gasteiger partial charge >= 0.3 is 0 Å². The summed E-state index contributed by atoms with van der Waals surface area (Å²) in [6, 6.07) is 0. The van der Waals surface area contributed by atoms with Crippen molar-refractivity contribution in [2.75, 3.05) is 13.2 Å². The minimum Gasteiger partial charge on any atom is -0.396 e. The van der Waals surface area contributed by atoms with Crippen LogP contribution in [0.2, 0.25) is 0 Å². The lowest BCUT2D eigenvalue weighted by Crippen LogP contribution is -2.24. The van der Waals surface area contributed by atoms with Gasteiger partial charge < -0.3 is 10.2 Å². The molecule has 0 spiro atoms. The molecule has 0 amide bonds. The summed E-state index contributed by atoms with van der Waals surface area (Å²) < 4.78 is 0. The van der Waals surface area contributed by atoms with E-state index in [0.717, 1.165) is 32.1 Å². The monoisotopic (exact) mass is 324 g/mol. The Hall–Kier alpha value is -0.410. The van der Waals surface area contributed by atoms with E-state index in [9.17, 15) is 15.0 Å². The summed E-state index contributed by atoms with van der Waals surface area (Å²) in [5.41, 5.74) is 0. The van der Waals surface area contributed by atoms with Crippen LogP contribution in [0.4, 0.5) is 0 Å². The van der Waals surface area contributed by atoms with Crippen molar-refractivity contribution in [1.29, 1.82) is 0 Å². The average molecular weight is 325 g/mol. The van der Waals surface area contributed by atoms with Crippen LogP contribution in [0.15, 0.2) is 0 Å². The molecular formula is C20H36O3. The molecule has 2 saturated carbocycles. The van der Waals surface area contributed by atoms with E-state index in [-0.39, 0.29) is 36.9 Å². The van der Waals surface area contributed by atoms with E-state index in [4.69, 9.17) is 0 Å². The maximum absolute atomic E-state index is 13.1. The van der Waals surface area contributed by atoms with Crippen molar-refractivity contribution in [3.63, 3.8) is 0 Å². The number of hydrogen-bond donors (Lipinski definition) is 2. The summed E-state index contributed by atoms with van der Waals surface area (Å²) in [7, 11) is 0. The highest BCUT2D eigenvalue weighted by Gasteiger charge is 2.57.